The second kappa shape index (κ2) is 7.10. The fraction of sp³-hybridized carbons (Fsp3) is 0.571. The van der Waals surface area contributed by atoms with Gasteiger partial charge in [-0.15, -0.1) is 0 Å². The van der Waals surface area contributed by atoms with Gasteiger partial charge in [-0.25, -0.2) is 0 Å². The van der Waals surface area contributed by atoms with Crippen molar-refractivity contribution >= 4 is 23.4 Å². The lowest BCUT2D eigenvalue weighted by atomic mass is 9.85. The third-order valence-corrected chi connectivity index (χ3v) is 4.81. The molecule has 1 aromatic rings. The van der Waals surface area contributed by atoms with Gasteiger partial charge in [-0.3, -0.25) is 9.79 Å². The number of alkyl halides is 4. The maximum atomic E-state index is 13.7. The molecular formula is C14H16BBrF3NO3. The fourth-order valence-corrected chi connectivity index (χ4v) is 3.40. The highest BCUT2D eigenvalue weighted by Crippen LogP contribution is 2.40. The predicted octanol–water partition coefficient (Wildman–Crippen LogP) is 2.53. The summed E-state index contributed by atoms with van der Waals surface area (Å²) in [4.78, 5) is 11.0. The summed E-state index contributed by atoms with van der Waals surface area (Å²) in [5.41, 5.74) is 1.53. The zero-order chi connectivity index (χ0) is 16.4. The van der Waals surface area contributed by atoms with Crippen molar-refractivity contribution in [2.45, 2.75) is 29.6 Å². The molecule has 2 fully saturated rings. The fourth-order valence-electron chi connectivity index (χ4n) is 3.03. The second-order valence-electron chi connectivity index (χ2n) is 5.61. The minimum atomic E-state index is -4.40. The number of hydrogen-bond acceptors (Lipinski definition) is 4. The van der Waals surface area contributed by atoms with E-state index in [1.54, 1.807) is 12.1 Å². The largest absolute Gasteiger partial charge is 0.406 e. The van der Waals surface area contributed by atoms with E-state index in [1.807, 2.05) is 12.1 Å². The summed E-state index contributed by atoms with van der Waals surface area (Å²) in [6, 6.07) is 5.31. The van der Waals surface area contributed by atoms with E-state index < -0.39 is 24.3 Å². The van der Waals surface area contributed by atoms with Gasteiger partial charge in [0.05, 0.1) is 13.2 Å². The molecule has 0 saturated carbocycles. The second-order valence-corrected chi connectivity index (χ2v) is 6.17. The Morgan fingerprint density at radius 2 is 2.00 bits per heavy atom. The van der Waals surface area contributed by atoms with Gasteiger partial charge in [0.15, 0.2) is 0 Å². The topological polar surface area (TPSA) is 30.9 Å². The van der Waals surface area contributed by atoms with Crippen LogP contribution in [-0.4, -0.2) is 50.3 Å². The molecule has 0 N–H and O–H groups in total. The molecule has 2 saturated heterocycles. The normalized spacial score (nSPS) is 29.5. The molecule has 2 aliphatic rings. The summed E-state index contributed by atoms with van der Waals surface area (Å²) in [6.45, 7) is 0.591. The van der Waals surface area contributed by atoms with Crippen LogP contribution in [-0.2, 0) is 19.8 Å². The summed E-state index contributed by atoms with van der Waals surface area (Å²) in [6.07, 6.45) is -5.45. The highest BCUT2D eigenvalue weighted by Gasteiger charge is 2.53. The summed E-state index contributed by atoms with van der Waals surface area (Å²) < 4.78 is 46.7. The molecule has 3 rings (SSSR count). The Morgan fingerprint density at radius 1 is 1.26 bits per heavy atom. The lowest BCUT2D eigenvalue weighted by Gasteiger charge is -2.44. The van der Waals surface area contributed by atoms with Crippen molar-refractivity contribution in [2.24, 2.45) is 0 Å². The van der Waals surface area contributed by atoms with Crippen molar-refractivity contribution in [2.75, 3.05) is 19.8 Å². The van der Waals surface area contributed by atoms with E-state index in [2.05, 4.69) is 15.9 Å². The number of rotatable bonds is 3. The average Bonchev–Trinajstić information content (AvgIpc) is 3.08. The van der Waals surface area contributed by atoms with Crippen molar-refractivity contribution in [3.63, 3.8) is 0 Å². The smallest absolute Gasteiger partial charge is 0.370 e. The SMILES string of the molecule is FC(F)(F)C1C(c2ccc(CBr)cc2)OCCN1C1BOOC1. The molecule has 3 unspecified atom stereocenters. The van der Waals surface area contributed by atoms with Crippen molar-refractivity contribution in [3.05, 3.63) is 35.4 Å². The average molecular weight is 394 g/mol. The van der Waals surface area contributed by atoms with Crippen LogP contribution < -0.4 is 0 Å². The first-order valence-electron chi connectivity index (χ1n) is 7.34. The van der Waals surface area contributed by atoms with E-state index in [4.69, 9.17) is 14.4 Å². The zero-order valence-electron chi connectivity index (χ0n) is 12.3. The molecule has 126 valence electrons. The molecule has 2 aliphatic heterocycles. The van der Waals surface area contributed by atoms with Gasteiger partial charge in [0.1, 0.15) is 12.1 Å². The van der Waals surface area contributed by atoms with Crippen LogP contribution in [0.3, 0.4) is 0 Å². The van der Waals surface area contributed by atoms with Crippen LogP contribution in [0.4, 0.5) is 13.2 Å². The van der Waals surface area contributed by atoms with Crippen LogP contribution in [0.1, 0.15) is 17.2 Å². The van der Waals surface area contributed by atoms with Crippen LogP contribution in [0.2, 0.25) is 0 Å². The van der Waals surface area contributed by atoms with Gasteiger partial charge in [0.2, 0.25) is 0 Å². The minimum Gasteiger partial charge on any atom is -0.370 e. The molecule has 3 atom stereocenters. The number of morpholine rings is 1. The van der Waals surface area contributed by atoms with Crippen LogP contribution in [0.15, 0.2) is 24.3 Å². The summed E-state index contributed by atoms with van der Waals surface area (Å²) in [7, 11) is 0.141. The van der Waals surface area contributed by atoms with Crippen molar-refractivity contribution < 1.29 is 27.6 Å². The summed E-state index contributed by atoms with van der Waals surface area (Å²) in [5, 5.41) is 0.657. The first-order valence-corrected chi connectivity index (χ1v) is 8.46. The predicted molar refractivity (Wildman–Crippen MR) is 82.3 cm³/mol. The van der Waals surface area contributed by atoms with Gasteiger partial charge in [0, 0.05) is 17.8 Å². The minimum absolute atomic E-state index is 0.141. The Morgan fingerprint density at radius 3 is 2.57 bits per heavy atom. The van der Waals surface area contributed by atoms with E-state index in [0.29, 0.717) is 10.9 Å². The number of benzene rings is 1. The standard InChI is InChI=1S/C14H16BBrF3NO3/c16-7-9-1-3-10(4-2-9)12-13(14(17,18)19)20(5-6-21-12)11-8-22-23-15-11/h1-4,11-13,15H,5-8H2. The van der Waals surface area contributed by atoms with Gasteiger partial charge in [0.25, 0.3) is 0 Å². The maximum absolute atomic E-state index is 13.7. The van der Waals surface area contributed by atoms with Gasteiger partial charge >= 0.3 is 13.7 Å². The molecule has 0 amide bonds. The Labute approximate surface area is 141 Å². The summed E-state index contributed by atoms with van der Waals surface area (Å²) in [5.74, 6) is -0.408. The first kappa shape index (κ1) is 17.2. The molecule has 2 heterocycles. The highest BCUT2D eigenvalue weighted by molar-refractivity contribution is 9.08. The van der Waals surface area contributed by atoms with Gasteiger partial charge in [-0.05, 0) is 11.1 Å². The van der Waals surface area contributed by atoms with E-state index in [9.17, 15) is 13.2 Å². The van der Waals surface area contributed by atoms with Gasteiger partial charge in [-0.1, -0.05) is 40.2 Å². The molecular weight excluding hydrogens is 378 g/mol. The Balaban J connectivity index is 1.89. The molecule has 1 aromatic carbocycles. The van der Waals surface area contributed by atoms with E-state index in [-0.39, 0.29) is 27.2 Å². The van der Waals surface area contributed by atoms with Crippen LogP contribution in [0.5, 0.6) is 0 Å². The highest BCUT2D eigenvalue weighted by atomic mass is 79.9. The summed E-state index contributed by atoms with van der Waals surface area (Å²) >= 11 is 3.33. The van der Waals surface area contributed by atoms with Crippen molar-refractivity contribution in [1.82, 2.24) is 4.90 Å². The van der Waals surface area contributed by atoms with E-state index in [0.717, 1.165) is 5.56 Å². The lowest BCUT2D eigenvalue weighted by molar-refractivity contribution is -0.242. The van der Waals surface area contributed by atoms with Crippen molar-refractivity contribution in [1.29, 1.82) is 0 Å². The number of hydrogen-bond donors (Lipinski definition) is 0. The quantitative estimate of drug-likeness (QED) is 0.448. The molecule has 0 radical (unpaired) electrons. The molecule has 4 nitrogen and oxygen atoms in total. The molecule has 0 spiro atoms. The molecule has 9 heteroatoms. The molecule has 0 bridgehead atoms. The third-order valence-electron chi connectivity index (χ3n) is 4.16. The maximum Gasteiger partial charge on any atom is 0.406 e. The monoisotopic (exact) mass is 393 g/mol. The number of nitrogens with zero attached hydrogens (tertiary/aromatic N) is 1. The lowest BCUT2D eigenvalue weighted by Crippen LogP contribution is -2.59. The molecule has 23 heavy (non-hydrogen) atoms. The Kier molecular flexibility index (Phi) is 5.32. The van der Waals surface area contributed by atoms with E-state index in [1.165, 1.54) is 4.90 Å². The first-order chi connectivity index (χ1) is 11.0. The number of ether oxygens (including phenoxy) is 1. The van der Waals surface area contributed by atoms with Crippen molar-refractivity contribution in [3.8, 4) is 0 Å². The van der Waals surface area contributed by atoms with Crippen LogP contribution in [0.25, 0.3) is 0 Å². The number of halogens is 4. The Hall–Kier alpha value is -0.605. The van der Waals surface area contributed by atoms with Gasteiger partial charge < -0.3 is 9.54 Å². The van der Waals surface area contributed by atoms with Gasteiger partial charge in [-0.2, -0.15) is 13.2 Å². The Bertz CT molecular complexity index is 525. The third kappa shape index (κ3) is 3.74. The van der Waals surface area contributed by atoms with E-state index >= 15 is 0 Å². The molecule has 0 aromatic heterocycles. The van der Waals surface area contributed by atoms with Crippen LogP contribution >= 0.6 is 15.9 Å². The van der Waals surface area contributed by atoms with Crippen LogP contribution in [0, 0.1) is 0 Å². The zero-order valence-corrected chi connectivity index (χ0v) is 13.8. The molecule has 0 aliphatic carbocycles.